The fraction of sp³-hybridized carbons (Fsp3) is 0.533. The molecule has 0 aliphatic carbocycles. The highest BCUT2D eigenvalue weighted by molar-refractivity contribution is 5.85. The molecule has 0 bridgehead atoms. The zero-order valence-corrected chi connectivity index (χ0v) is 13.0. The highest BCUT2D eigenvalue weighted by Gasteiger charge is 2.27. The zero-order valence-electron chi connectivity index (χ0n) is 12.2. The van der Waals surface area contributed by atoms with E-state index < -0.39 is 0 Å². The van der Waals surface area contributed by atoms with Crippen molar-refractivity contribution in [2.75, 3.05) is 33.4 Å². The second-order valence-corrected chi connectivity index (χ2v) is 4.96. The summed E-state index contributed by atoms with van der Waals surface area (Å²) in [4.78, 5) is 14.1. The summed E-state index contributed by atoms with van der Waals surface area (Å²) in [7, 11) is 1.63. The van der Waals surface area contributed by atoms with E-state index in [0.717, 1.165) is 18.5 Å². The van der Waals surface area contributed by atoms with Crippen LogP contribution in [0.3, 0.4) is 0 Å². The maximum Gasteiger partial charge on any atom is 0.223 e. The maximum atomic E-state index is 13.4. The zero-order chi connectivity index (χ0) is 14.4. The first-order valence-corrected chi connectivity index (χ1v) is 6.97. The van der Waals surface area contributed by atoms with E-state index >= 15 is 0 Å². The number of piperazine rings is 1. The maximum absolute atomic E-state index is 13.4. The molecule has 21 heavy (non-hydrogen) atoms. The van der Waals surface area contributed by atoms with Crippen molar-refractivity contribution in [3.05, 3.63) is 35.6 Å². The molecule has 4 nitrogen and oxygen atoms in total. The molecule has 2 rings (SSSR count). The van der Waals surface area contributed by atoms with Gasteiger partial charge in [-0.1, -0.05) is 12.1 Å². The van der Waals surface area contributed by atoms with E-state index in [1.165, 1.54) is 12.1 Å². The van der Waals surface area contributed by atoms with Crippen LogP contribution < -0.4 is 5.32 Å². The molecule has 1 aromatic rings. The third kappa shape index (κ3) is 4.95. The molecule has 1 fully saturated rings. The molecule has 1 unspecified atom stereocenters. The second kappa shape index (κ2) is 8.97. The van der Waals surface area contributed by atoms with Crippen molar-refractivity contribution in [3.63, 3.8) is 0 Å². The second-order valence-electron chi connectivity index (χ2n) is 4.96. The molecule has 6 heteroatoms. The molecule has 0 aromatic heterocycles. The van der Waals surface area contributed by atoms with Crippen molar-refractivity contribution in [2.45, 2.75) is 18.9 Å². The minimum Gasteiger partial charge on any atom is -0.385 e. The monoisotopic (exact) mass is 316 g/mol. The summed E-state index contributed by atoms with van der Waals surface area (Å²) in [6, 6.07) is 6.40. The summed E-state index contributed by atoms with van der Waals surface area (Å²) >= 11 is 0. The average Bonchev–Trinajstić information content (AvgIpc) is 2.47. The Morgan fingerprint density at radius 2 is 2.33 bits per heavy atom. The average molecular weight is 317 g/mol. The standard InChI is InChI=1S/C15H21FN2O2.ClH/c1-20-9-3-6-15(19)18-8-7-17-11-14(18)12-4-2-5-13(16)10-12;/h2,4-5,10,14,17H,3,6-9,11H2,1H3;1H. The molecule has 0 radical (unpaired) electrons. The van der Waals surface area contributed by atoms with Crippen molar-refractivity contribution in [1.29, 1.82) is 0 Å². The summed E-state index contributed by atoms with van der Waals surface area (Å²) in [6.07, 6.45) is 1.19. The number of hydrogen-bond acceptors (Lipinski definition) is 3. The van der Waals surface area contributed by atoms with Gasteiger partial charge in [0.2, 0.25) is 5.91 Å². The van der Waals surface area contributed by atoms with E-state index in [0.29, 0.717) is 26.1 Å². The van der Waals surface area contributed by atoms with Crippen LogP contribution in [0.1, 0.15) is 24.4 Å². The number of ether oxygens (including phenoxy) is 1. The molecule has 1 saturated heterocycles. The lowest BCUT2D eigenvalue weighted by Crippen LogP contribution is -2.48. The molecule has 0 saturated carbocycles. The number of nitrogens with one attached hydrogen (secondary N) is 1. The molecule has 1 aliphatic heterocycles. The molecule has 1 aliphatic rings. The van der Waals surface area contributed by atoms with Crippen molar-refractivity contribution in [2.24, 2.45) is 0 Å². The molecule has 1 atom stereocenters. The third-order valence-electron chi connectivity index (χ3n) is 3.54. The Morgan fingerprint density at radius 3 is 3.05 bits per heavy atom. The van der Waals surface area contributed by atoms with Crippen LogP contribution in [-0.2, 0) is 9.53 Å². The van der Waals surface area contributed by atoms with Gasteiger partial charge in [0.15, 0.2) is 0 Å². The van der Waals surface area contributed by atoms with Crippen LogP contribution in [0, 0.1) is 5.82 Å². The highest BCUT2D eigenvalue weighted by atomic mass is 35.5. The topological polar surface area (TPSA) is 41.6 Å². The van der Waals surface area contributed by atoms with Crippen LogP contribution in [0.15, 0.2) is 24.3 Å². The summed E-state index contributed by atoms with van der Waals surface area (Å²) in [5.74, 6) is -0.155. The molecule has 1 amide bonds. The van der Waals surface area contributed by atoms with Gasteiger partial charge in [-0.3, -0.25) is 4.79 Å². The summed E-state index contributed by atoms with van der Waals surface area (Å²) in [5, 5.41) is 3.26. The SMILES string of the molecule is COCCCC(=O)N1CCNCC1c1cccc(F)c1.Cl. The van der Waals surface area contributed by atoms with E-state index in [2.05, 4.69) is 5.32 Å². The summed E-state index contributed by atoms with van der Waals surface area (Å²) < 4.78 is 18.3. The summed E-state index contributed by atoms with van der Waals surface area (Å²) in [6.45, 7) is 2.69. The van der Waals surface area contributed by atoms with E-state index in [-0.39, 0.29) is 30.2 Å². The van der Waals surface area contributed by atoms with Gasteiger partial charge in [0.05, 0.1) is 6.04 Å². The van der Waals surface area contributed by atoms with Crippen LogP contribution in [0.5, 0.6) is 0 Å². The number of amides is 1. The van der Waals surface area contributed by atoms with Gasteiger partial charge in [0.1, 0.15) is 5.82 Å². The van der Waals surface area contributed by atoms with Crippen LogP contribution in [0.25, 0.3) is 0 Å². The van der Waals surface area contributed by atoms with Crippen molar-refractivity contribution in [3.8, 4) is 0 Å². The smallest absolute Gasteiger partial charge is 0.223 e. The van der Waals surface area contributed by atoms with Crippen LogP contribution in [-0.4, -0.2) is 44.2 Å². The third-order valence-corrected chi connectivity index (χ3v) is 3.54. The molecule has 1 N–H and O–H groups in total. The Bertz CT molecular complexity index is 459. The van der Waals surface area contributed by atoms with E-state index in [1.54, 1.807) is 13.2 Å². The van der Waals surface area contributed by atoms with Gasteiger partial charge in [0, 0.05) is 39.8 Å². The minimum absolute atomic E-state index is 0. The van der Waals surface area contributed by atoms with Crippen molar-refractivity contribution in [1.82, 2.24) is 10.2 Å². The largest absolute Gasteiger partial charge is 0.385 e. The number of halogens is 2. The summed E-state index contributed by atoms with van der Waals surface area (Å²) in [5.41, 5.74) is 0.845. The fourth-order valence-corrected chi connectivity index (χ4v) is 2.53. The van der Waals surface area contributed by atoms with Gasteiger partial charge in [-0.15, -0.1) is 12.4 Å². The first-order chi connectivity index (χ1) is 9.72. The number of carbonyl (C=O) groups is 1. The lowest BCUT2D eigenvalue weighted by atomic mass is 10.0. The van der Waals surface area contributed by atoms with Gasteiger partial charge in [-0.2, -0.15) is 0 Å². The minimum atomic E-state index is -0.264. The molecule has 118 valence electrons. The van der Waals surface area contributed by atoms with Gasteiger partial charge >= 0.3 is 0 Å². The molecule has 0 spiro atoms. The van der Waals surface area contributed by atoms with Gasteiger partial charge in [-0.25, -0.2) is 4.39 Å². The normalized spacial score (nSPS) is 18.2. The fourth-order valence-electron chi connectivity index (χ4n) is 2.53. The van der Waals surface area contributed by atoms with E-state index in [1.807, 2.05) is 11.0 Å². The molecular formula is C15H22ClFN2O2. The Kier molecular flexibility index (Phi) is 7.64. The highest BCUT2D eigenvalue weighted by Crippen LogP contribution is 2.23. The predicted molar refractivity (Wildman–Crippen MR) is 82.1 cm³/mol. The Hall–Kier alpha value is -1.17. The number of benzene rings is 1. The first kappa shape index (κ1) is 17.9. The van der Waals surface area contributed by atoms with Crippen LogP contribution in [0.4, 0.5) is 4.39 Å². The number of nitrogens with zero attached hydrogens (tertiary/aromatic N) is 1. The predicted octanol–water partition coefficient (Wildman–Crippen LogP) is 2.15. The van der Waals surface area contributed by atoms with E-state index in [4.69, 9.17) is 4.74 Å². The van der Waals surface area contributed by atoms with Gasteiger partial charge in [-0.05, 0) is 24.1 Å². The Labute approximate surface area is 131 Å². The molecule has 1 aromatic carbocycles. The van der Waals surface area contributed by atoms with E-state index in [9.17, 15) is 9.18 Å². The van der Waals surface area contributed by atoms with Crippen molar-refractivity contribution >= 4 is 18.3 Å². The number of rotatable bonds is 5. The van der Waals surface area contributed by atoms with Gasteiger partial charge in [0.25, 0.3) is 0 Å². The number of methoxy groups -OCH3 is 1. The lowest BCUT2D eigenvalue weighted by Gasteiger charge is -2.36. The molecular weight excluding hydrogens is 295 g/mol. The van der Waals surface area contributed by atoms with Crippen LogP contribution in [0.2, 0.25) is 0 Å². The van der Waals surface area contributed by atoms with Crippen molar-refractivity contribution < 1.29 is 13.9 Å². The Morgan fingerprint density at radius 1 is 1.52 bits per heavy atom. The number of carbonyl (C=O) groups excluding carboxylic acids is 1. The van der Waals surface area contributed by atoms with Crippen LogP contribution >= 0.6 is 12.4 Å². The Balaban J connectivity index is 0.00000220. The quantitative estimate of drug-likeness (QED) is 0.846. The number of hydrogen-bond donors (Lipinski definition) is 1. The first-order valence-electron chi connectivity index (χ1n) is 6.97. The lowest BCUT2D eigenvalue weighted by molar-refractivity contribution is -0.134. The van der Waals surface area contributed by atoms with Gasteiger partial charge < -0.3 is 15.0 Å². The molecule has 1 heterocycles.